The number of hydrogen-bond donors (Lipinski definition) is 0. The molecule has 0 aromatic heterocycles. The molecule has 0 amide bonds. The van der Waals surface area contributed by atoms with Gasteiger partial charge in [-0.2, -0.15) is 0 Å². The number of esters is 1. The fourth-order valence-corrected chi connectivity index (χ4v) is 3.63. The van der Waals surface area contributed by atoms with Gasteiger partial charge < -0.3 is 4.74 Å². The lowest BCUT2D eigenvalue weighted by Gasteiger charge is -2.31. The van der Waals surface area contributed by atoms with Gasteiger partial charge in [-0.1, -0.05) is 25.5 Å². The standard InChI is InChI=1S/C13H22O2S/c1-9(2)11-6-5-10(3)7-12(11)16-8-13(14)15-4/h7,9,11-12H,5-6,8H2,1-4H3. The molecule has 2 unspecified atom stereocenters. The molecule has 2 nitrogen and oxygen atoms in total. The van der Waals surface area contributed by atoms with Gasteiger partial charge in [0.05, 0.1) is 12.9 Å². The van der Waals surface area contributed by atoms with Crippen LogP contribution in [0.2, 0.25) is 0 Å². The molecule has 0 saturated heterocycles. The number of methoxy groups -OCH3 is 1. The molecule has 0 spiro atoms. The molecule has 1 rings (SSSR count). The number of rotatable bonds is 4. The van der Waals surface area contributed by atoms with E-state index in [4.69, 9.17) is 0 Å². The zero-order valence-electron chi connectivity index (χ0n) is 10.7. The molecular weight excluding hydrogens is 220 g/mol. The number of ether oxygens (including phenoxy) is 1. The summed E-state index contributed by atoms with van der Waals surface area (Å²) in [7, 11) is 1.45. The van der Waals surface area contributed by atoms with Crippen LogP contribution in [0.3, 0.4) is 0 Å². The number of hydrogen-bond acceptors (Lipinski definition) is 3. The van der Waals surface area contributed by atoms with Crippen LogP contribution >= 0.6 is 11.8 Å². The van der Waals surface area contributed by atoms with Crippen LogP contribution in [0.1, 0.15) is 33.6 Å². The first-order valence-corrected chi connectivity index (χ1v) is 6.95. The van der Waals surface area contributed by atoms with Gasteiger partial charge >= 0.3 is 5.97 Å². The lowest BCUT2D eigenvalue weighted by atomic mass is 9.82. The molecule has 0 heterocycles. The molecule has 0 aromatic rings. The van der Waals surface area contributed by atoms with Gasteiger partial charge in [-0.05, 0) is 31.6 Å². The Morgan fingerprint density at radius 2 is 2.31 bits per heavy atom. The Balaban J connectivity index is 2.57. The molecular formula is C13H22O2S. The lowest BCUT2D eigenvalue weighted by molar-refractivity contribution is -0.137. The topological polar surface area (TPSA) is 26.3 Å². The Morgan fingerprint density at radius 1 is 1.62 bits per heavy atom. The number of allylic oxidation sites excluding steroid dienone is 1. The van der Waals surface area contributed by atoms with Gasteiger partial charge in [0.2, 0.25) is 0 Å². The van der Waals surface area contributed by atoms with Crippen LogP contribution in [0.25, 0.3) is 0 Å². The average Bonchev–Trinajstić information content (AvgIpc) is 2.25. The van der Waals surface area contributed by atoms with E-state index in [9.17, 15) is 4.79 Å². The van der Waals surface area contributed by atoms with Gasteiger partial charge in [0.1, 0.15) is 0 Å². The normalized spacial score (nSPS) is 25.4. The lowest BCUT2D eigenvalue weighted by Crippen LogP contribution is -2.25. The second-order valence-electron chi connectivity index (χ2n) is 4.81. The smallest absolute Gasteiger partial charge is 0.315 e. The maximum absolute atomic E-state index is 11.1. The highest BCUT2D eigenvalue weighted by Crippen LogP contribution is 2.36. The second-order valence-corrected chi connectivity index (χ2v) is 5.98. The summed E-state index contributed by atoms with van der Waals surface area (Å²) < 4.78 is 4.68. The highest BCUT2D eigenvalue weighted by molar-refractivity contribution is 8.00. The highest BCUT2D eigenvalue weighted by Gasteiger charge is 2.27. The van der Waals surface area contributed by atoms with Crippen LogP contribution in [0.15, 0.2) is 11.6 Å². The van der Waals surface area contributed by atoms with Crippen molar-refractivity contribution in [2.24, 2.45) is 11.8 Å². The maximum atomic E-state index is 11.1. The minimum atomic E-state index is -0.121. The Bertz CT molecular complexity index is 271. The van der Waals surface area contributed by atoms with Crippen molar-refractivity contribution in [3.05, 3.63) is 11.6 Å². The molecule has 1 aliphatic carbocycles. The Morgan fingerprint density at radius 3 is 2.88 bits per heavy atom. The molecule has 0 aromatic carbocycles. The van der Waals surface area contributed by atoms with E-state index < -0.39 is 0 Å². The number of thioether (sulfide) groups is 1. The monoisotopic (exact) mass is 242 g/mol. The molecule has 2 atom stereocenters. The average molecular weight is 242 g/mol. The summed E-state index contributed by atoms with van der Waals surface area (Å²) in [5.41, 5.74) is 1.46. The van der Waals surface area contributed by atoms with E-state index in [1.54, 1.807) is 11.8 Å². The summed E-state index contributed by atoms with van der Waals surface area (Å²) in [5.74, 6) is 1.72. The van der Waals surface area contributed by atoms with E-state index in [2.05, 4.69) is 31.6 Å². The van der Waals surface area contributed by atoms with Crippen LogP contribution in [0.5, 0.6) is 0 Å². The van der Waals surface area contributed by atoms with E-state index in [-0.39, 0.29) is 5.97 Å². The first kappa shape index (κ1) is 13.6. The first-order chi connectivity index (χ1) is 7.54. The zero-order valence-corrected chi connectivity index (χ0v) is 11.5. The SMILES string of the molecule is COC(=O)CSC1C=C(C)CCC1C(C)C. The van der Waals surface area contributed by atoms with E-state index in [0.29, 0.717) is 22.8 Å². The molecule has 0 fully saturated rings. The van der Waals surface area contributed by atoms with E-state index >= 15 is 0 Å². The Kier molecular flexibility index (Phi) is 5.39. The molecule has 1 aliphatic rings. The summed E-state index contributed by atoms with van der Waals surface area (Å²) >= 11 is 1.72. The molecule has 0 radical (unpaired) electrons. The predicted molar refractivity (Wildman–Crippen MR) is 69.6 cm³/mol. The molecule has 0 aliphatic heterocycles. The van der Waals surface area contributed by atoms with Crippen molar-refractivity contribution in [3.8, 4) is 0 Å². The van der Waals surface area contributed by atoms with Crippen molar-refractivity contribution < 1.29 is 9.53 Å². The minimum Gasteiger partial charge on any atom is -0.468 e. The van der Waals surface area contributed by atoms with Crippen LogP contribution in [0, 0.1) is 11.8 Å². The first-order valence-electron chi connectivity index (χ1n) is 5.90. The highest BCUT2D eigenvalue weighted by atomic mass is 32.2. The Labute approximate surface area is 103 Å². The summed E-state index contributed by atoms with van der Waals surface area (Å²) in [5, 5.41) is 0.479. The molecule has 92 valence electrons. The molecule has 0 bridgehead atoms. The third-order valence-corrected chi connectivity index (χ3v) is 4.49. The molecule has 0 N–H and O–H groups in total. The van der Waals surface area contributed by atoms with Crippen LogP contribution in [-0.4, -0.2) is 24.1 Å². The third-order valence-electron chi connectivity index (χ3n) is 3.22. The van der Waals surface area contributed by atoms with Gasteiger partial charge in [-0.15, -0.1) is 11.8 Å². The van der Waals surface area contributed by atoms with Gasteiger partial charge in [0.25, 0.3) is 0 Å². The summed E-state index contributed by atoms with van der Waals surface area (Å²) in [6.45, 7) is 6.72. The quantitative estimate of drug-likeness (QED) is 0.559. The Hall–Kier alpha value is -0.440. The van der Waals surface area contributed by atoms with Crippen molar-refractivity contribution in [2.45, 2.75) is 38.9 Å². The second kappa shape index (κ2) is 6.33. The third kappa shape index (κ3) is 3.85. The van der Waals surface area contributed by atoms with Crippen molar-refractivity contribution in [2.75, 3.05) is 12.9 Å². The molecule has 3 heteroatoms. The fraction of sp³-hybridized carbons (Fsp3) is 0.769. The largest absolute Gasteiger partial charge is 0.468 e. The van der Waals surface area contributed by atoms with Gasteiger partial charge in [0.15, 0.2) is 0 Å². The zero-order chi connectivity index (χ0) is 12.1. The van der Waals surface area contributed by atoms with Crippen LogP contribution < -0.4 is 0 Å². The minimum absolute atomic E-state index is 0.121. The van der Waals surface area contributed by atoms with Crippen molar-refractivity contribution in [1.29, 1.82) is 0 Å². The van der Waals surface area contributed by atoms with E-state index in [0.717, 1.165) is 0 Å². The van der Waals surface area contributed by atoms with E-state index in [1.165, 1.54) is 25.5 Å². The summed E-state index contributed by atoms with van der Waals surface area (Å²) in [6, 6.07) is 0. The van der Waals surface area contributed by atoms with Crippen molar-refractivity contribution in [1.82, 2.24) is 0 Å². The maximum Gasteiger partial charge on any atom is 0.315 e. The predicted octanol–water partition coefficient (Wildman–Crippen LogP) is 3.27. The summed E-state index contributed by atoms with van der Waals surface area (Å²) in [6.07, 6.45) is 4.79. The van der Waals surface area contributed by atoms with Crippen molar-refractivity contribution >= 4 is 17.7 Å². The van der Waals surface area contributed by atoms with Gasteiger partial charge in [-0.3, -0.25) is 4.79 Å². The van der Waals surface area contributed by atoms with Gasteiger partial charge in [-0.25, -0.2) is 0 Å². The number of carbonyl (C=O) groups excluding carboxylic acids is 1. The summed E-state index contributed by atoms with van der Waals surface area (Å²) in [4.78, 5) is 11.1. The van der Waals surface area contributed by atoms with E-state index in [1.807, 2.05) is 0 Å². The van der Waals surface area contributed by atoms with Crippen LogP contribution in [-0.2, 0) is 9.53 Å². The van der Waals surface area contributed by atoms with Gasteiger partial charge in [0, 0.05) is 5.25 Å². The fourth-order valence-electron chi connectivity index (χ4n) is 2.15. The molecule has 0 saturated carbocycles. The number of carbonyl (C=O) groups is 1. The van der Waals surface area contributed by atoms with Crippen LogP contribution in [0.4, 0.5) is 0 Å². The van der Waals surface area contributed by atoms with Crippen molar-refractivity contribution in [3.63, 3.8) is 0 Å². The molecule has 16 heavy (non-hydrogen) atoms.